The van der Waals surface area contributed by atoms with Crippen LogP contribution in [0, 0.1) is 6.92 Å². The van der Waals surface area contributed by atoms with E-state index >= 15 is 0 Å². The lowest BCUT2D eigenvalue weighted by Crippen LogP contribution is -1.99. The van der Waals surface area contributed by atoms with Crippen LogP contribution in [0.5, 0.6) is 0 Å². The Morgan fingerprint density at radius 2 is 2.24 bits per heavy atom. The number of nitrogens with two attached hydrogens (primary N) is 1. The molecule has 0 radical (unpaired) electrons. The first kappa shape index (κ1) is 14.5. The Morgan fingerprint density at radius 3 is 2.95 bits per heavy atom. The van der Waals surface area contributed by atoms with Crippen LogP contribution in [0.3, 0.4) is 0 Å². The summed E-state index contributed by atoms with van der Waals surface area (Å²) in [6.45, 7) is 2.70. The molecule has 0 fully saturated rings. The van der Waals surface area contributed by atoms with Crippen LogP contribution in [0.25, 0.3) is 10.6 Å². The number of hydrogen-bond acceptors (Lipinski definition) is 6. The molecule has 0 bridgehead atoms. The normalized spacial score (nSPS) is 10.8. The van der Waals surface area contributed by atoms with Crippen LogP contribution in [-0.4, -0.2) is 9.36 Å². The van der Waals surface area contributed by atoms with Gasteiger partial charge in [-0.25, -0.2) is 4.98 Å². The minimum atomic E-state index is 0.533. The first-order valence-electron chi connectivity index (χ1n) is 6.29. The Labute approximate surface area is 139 Å². The molecule has 0 unspecified atom stereocenters. The molecule has 3 N–H and O–H groups in total. The van der Waals surface area contributed by atoms with Gasteiger partial charge in [-0.15, -0.1) is 11.3 Å². The van der Waals surface area contributed by atoms with Gasteiger partial charge >= 0.3 is 0 Å². The molecule has 0 saturated carbocycles. The molecule has 3 rings (SSSR count). The molecule has 0 amide bonds. The van der Waals surface area contributed by atoms with E-state index in [2.05, 4.69) is 42.7 Å². The van der Waals surface area contributed by atoms with Crippen LogP contribution in [0.15, 0.2) is 34.1 Å². The van der Waals surface area contributed by atoms with Gasteiger partial charge in [0.2, 0.25) is 0 Å². The smallest absolute Gasteiger partial charge is 0.149 e. The number of nitrogens with one attached hydrogen (secondary N) is 1. The zero-order valence-electron chi connectivity index (χ0n) is 11.3. The Hall–Kier alpha value is -1.44. The number of benzene rings is 1. The number of aromatic nitrogens is 2. The van der Waals surface area contributed by atoms with Crippen molar-refractivity contribution in [1.82, 2.24) is 9.36 Å². The van der Waals surface area contributed by atoms with Gasteiger partial charge in [-0.05, 0) is 36.2 Å². The van der Waals surface area contributed by atoms with E-state index in [1.165, 1.54) is 17.1 Å². The lowest BCUT2D eigenvalue weighted by Gasteiger charge is -2.06. The van der Waals surface area contributed by atoms with Crippen LogP contribution < -0.4 is 11.1 Å². The third kappa shape index (κ3) is 3.25. The van der Waals surface area contributed by atoms with E-state index in [4.69, 9.17) is 5.73 Å². The van der Waals surface area contributed by atoms with Crippen molar-refractivity contribution in [1.29, 1.82) is 0 Å². The van der Waals surface area contributed by atoms with Crippen molar-refractivity contribution < 1.29 is 0 Å². The second-order valence-electron chi connectivity index (χ2n) is 4.55. The average molecular weight is 381 g/mol. The molecule has 0 atom stereocenters. The summed E-state index contributed by atoms with van der Waals surface area (Å²) in [4.78, 5) is 4.50. The molecule has 7 heteroatoms. The molecular weight excluding hydrogens is 368 g/mol. The zero-order chi connectivity index (χ0) is 14.8. The van der Waals surface area contributed by atoms with Crippen LogP contribution >= 0.6 is 38.8 Å². The summed E-state index contributed by atoms with van der Waals surface area (Å²) in [6, 6.07) is 8.20. The van der Waals surface area contributed by atoms with Crippen molar-refractivity contribution in [2.24, 2.45) is 0 Å². The van der Waals surface area contributed by atoms with Crippen LogP contribution in [-0.2, 0) is 6.54 Å². The fourth-order valence-electron chi connectivity index (χ4n) is 1.93. The number of nitrogen functional groups attached to an aromatic ring is 1. The summed E-state index contributed by atoms with van der Waals surface area (Å²) in [7, 11) is 0. The molecule has 0 aliphatic carbocycles. The lowest BCUT2D eigenvalue weighted by molar-refractivity contribution is 1.16. The number of thiazole rings is 1. The van der Waals surface area contributed by atoms with Crippen molar-refractivity contribution in [3.8, 4) is 10.6 Å². The largest absolute Gasteiger partial charge is 0.382 e. The van der Waals surface area contributed by atoms with Gasteiger partial charge < -0.3 is 11.1 Å². The van der Waals surface area contributed by atoms with Gasteiger partial charge in [0.05, 0.1) is 5.56 Å². The predicted octanol–water partition coefficient (Wildman–Crippen LogP) is 4.53. The van der Waals surface area contributed by atoms with Gasteiger partial charge in [-0.2, -0.15) is 4.37 Å². The average Bonchev–Trinajstić information content (AvgIpc) is 3.02. The topological polar surface area (TPSA) is 63.8 Å². The molecule has 0 aliphatic heterocycles. The monoisotopic (exact) mass is 380 g/mol. The molecule has 2 heterocycles. The highest BCUT2D eigenvalue weighted by atomic mass is 79.9. The predicted molar refractivity (Wildman–Crippen MR) is 93.8 cm³/mol. The number of hydrogen-bond donors (Lipinski definition) is 2. The summed E-state index contributed by atoms with van der Waals surface area (Å²) in [5.74, 6) is 0.533. The highest BCUT2D eigenvalue weighted by Crippen LogP contribution is 2.38. The highest BCUT2D eigenvalue weighted by Gasteiger charge is 2.16. The summed E-state index contributed by atoms with van der Waals surface area (Å²) >= 11 is 6.44. The number of halogens is 1. The van der Waals surface area contributed by atoms with E-state index in [1.54, 1.807) is 11.3 Å². The number of aryl methyl sites for hydroxylation is 1. The highest BCUT2D eigenvalue weighted by molar-refractivity contribution is 9.10. The second kappa shape index (κ2) is 6.13. The van der Waals surface area contributed by atoms with Crippen molar-refractivity contribution in [3.05, 3.63) is 45.4 Å². The Balaban J connectivity index is 1.83. The van der Waals surface area contributed by atoms with Crippen molar-refractivity contribution in [2.45, 2.75) is 13.5 Å². The van der Waals surface area contributed by atoms with Gasteiger partial charge in [0.25, 0.3) is 0 Å². The first-order valence-corrected chi connectivity index (χ1v) is 8.74. The standard InChI is InChI=1S/C14H13BrN4S2/c1-8-7-20-14(18-8)11-12(16)19-21-13(11)17-6-9-3-2-4-10(15)5-9/h2-5,7,17H,6H2,1H3,(H2,16,19). The quantitative estimate of drug-likeness (QED) is 0.697. The van der Waals surface area contributed by atoms with Gasteiger partial charge in [-0.1, -0.05) is 28.1 Å². The summed E-state index contributed by atoms with van der Waals surface area (Å²) in [5.41, 5.74) is 9.10. The maximum atomic E-state index is 5.99. The number of nitrogens with zero attached hydrogens (tertiary/aromatic N) is 2. The fourth-order valence-corrected chi connectivity index (χ4v) is 4.01. The minimum absolute atomic E-state index is 0.533. The zero-order valence-corrected chi connectivity index (χ0v) is 14.5. The third-order valence-corrected chi connectivity index (χ3v) is 5.18. The molecule has 108 valence electrons. The van der Waals surface area contributed by atoms with Crippen LogP contribution in [0.2, 0.25) is 0 Å². The van der Waals surface area contributed by atoms with Gasteiger partial charge in [-0.3, -0.25) is 0 Å². The molecule has 0 spiro atoms. The summed E-state index contributed by atoms with van der Waals surface area (Å²) in [5, 5.41) is 7.30. The lowest BCUT2D eigenvalue weighted by atomic mass is 10.2. The third-order valence-electron chi connectivity index (χ3n) is 2.89. The number of rotatable bonds is 4. The van der Waals surface area contributed by atoms with Crippen molar-refractivity contribution in [3.63, 3.8) is 0 Å². The Kier molecular flexibility index (Phi) is 4.23. The Morgan fingerprint density at radius 1 is 1.38 bits per heavy atom. The second-order valence-corrected chi connectivity index (χ2v) is 7.10. The number of anilines is 2. The molecule has 3 aromatic rings. The van der Waals surface area contributed by atoms with E-state index in [0.29, 0.717) is 5.82 Å². The minimum Gasteiger partial charge on any atom is -0.382 e. The van der Waals surface area contributed by atoms with Crippen LogP contribution in [0.1, 0.15) is 11.3 Å². The van der Waals surface area contributed by atoms with E-state index in [9.17, 15) is 0 Å². The summed E-state index contributed by atoms with van der Waals surface area (Å²) in [6.07, 6.45) is 0. The van der Waals surface area contributed by atoms with Crippen LogP contribution in [0.4, 0.5) is 10.8 Å². The van der Waals surface area contributed by atoms with Gasteiger partial charge in [0, 0.05) is 22.1 Å². The van der Waals surface area contributed by atoms with Crippen molar-refractivity contribution >= 4 is 49.6 Å². The van der Waals surface area contributed by atoms with Gasteiger partial charge in [0.1, 0.15) is 15.8 Å². The maximum absolute atomic E-state index is 5.99. The van der Waals surface area contributed by atoms with Gasteiger partial charge in [0.15, 0.2) is 0 Å². The van der Waals surface area contributed by atoms with E-state index in [-0.39, 0.29) is 0 Å². The van der Waals surface area contributed by atoms with Crippen molar-refractivity contribution in [2.75, 3.05) is 11.1 Å². The van der Waals surface area contributed by atoms with E-state index in [1.807, 2.05) is 24.4 Å². The van der Waals surface area contributed by atoms with E-state index in [0.717, 1.165) is 32.3 Å². The molecule has 2 aromatic heterocycles. The molecule has 0 saturated heterocycles. The molecule has 4 nitrogen and oxygen atoms in total. The first-order chi connectivity index (χ1) is 10.1. The fraction of sp³-hybridized carbons (Fsp3) is 0.143. The molecule has 0 aliphatic rings. The molecular formula is C14H13BrN4S2. The molecule has 21 heavy (non-hydrogen) atoms. The SMILES string of the molecule is Cc1csc(-c2c(N)nsc2NCc2cccc(Br)c2)n1. The maximum Gasteiger partial charge on any atom is 0.149 e. The molecule has 1 aromatic carbocycles. The Bertz CT molecular complexity index is 766. The van der Waals surface area contributed by atoms with E-state index < -0.39 is 0 Å². The summed E-state index contributed by atoms with van der Waals surface area (Å²) < 4.78 is 5.32.